The summed E-state index contributed by atoms with van der Waals surface area (Å²) in [5.41, 5.74) is 1.19. The van der Waals surface area contributed by atoms with Crippen LogP contribution in [0.3, 0.4) is 0 Å². The largest absolute Gasteiger partial charge is 0.478 e. The minimum absolute atomic E-state index is 0.0994. The van der Waals surface area contributed by atoms with Gasteiger partial charge in [0.2, 0.25) is 0 Å². The molecule has 0 atom stereocenters. The van der Waals surface area contributed by atoms with E-state index in [0.29, 0.717) is 17.7 Å². The fraction of sp³-hybridized carbons (Fsp3) is 0.0909. The van der Waals surface area contributed by atoms with Gasteiger partial charge in [0, 0.05) is 12.4 Å². The van der Waals surface area contributed by atoms with Crippen LogP contribution >= 0.6 is 0 Å². The fourth-order valence-corrected chi connectivity index (χ4v) is 1.56. The lowest BCUT2D eigenvalue weighted by Crippen LogP contribution is -2.08. The summed E-state index contributed by atoms with van der Waals surface area (Å²) in [7, 11) is 0. The number of pyridine rings is 1. The smallest absolute Gasteiger partial charge is 0.339 e. The van der Waals surface area contributed by atoms with Crippen LogP contribution in [0.2, 0.25) is 0 Å². The number of aromatic nitrogens is 3. The van der Waals surface area contributed by atoms with Crippen molar-refractivity contribution in [1.82, 2.24) is 14.5 Å². The number of aryl methyl sites for hydroxylation is 1. The molecule has 17 heavy (non-hydrogen) atoms. The fourth-order valence-electron chi connectivity index (χ4n) is 1.56. The highest BCUT2D eigenvalue weighted by atomic mass is 16.4. The number of hydrogen-bond donors (Lipinski definition) is 1. The molecule has 6 heteroatoms. The second-order valence-corrected chi connectivity index (χ2v) is 3.42. The number of carbonyl (C=O) groups excluding carboxylic acids is 1. The van der Waals surface area contributed by atoms with E-state index in [1.807, 2.05) is 0 Å². The van der Waals surface area contributed by atoms with Gasteiger partial charge in [-0.3, -0.25) is 9.78 Å². The number of hydrogen-bond acceptors (Lipinski definition) is 4. The molecule has 0 saturated carbocycles. The first-order chi connectivity index (χ1) is 8.13. The van der Waals surface area contributed by atoms with Crippen molar-refractivity contribution in [2.24, 2.45) is 0 Å². The molecule has 0 spiro atoms. The molecule has 0 aliphatic heterocycles. The average Bonchev–Trinajstić information content (AvgIpc) is 2.76. The molecular weight excluding hydrogens is 222 g/mol. The van der Waals surface area contributed by atoms with E-state index < -0.39 is 5.97 Å². The molecule has 2 aromatic rings. The maximum Gasteiger partial charge on any atom is 0.339 e. The highest BCUT2D eigenvalue weighted by Crippen LogP contribution is 2.16. The van der Waals surface area contributed by atoms with Gasteiger partial charge in [0.25, 0.3) is 0 Å². The van der Waals surface area contributed by atoms with Gasteiger partial charge in [-0.25, -0.2) is 9.78 Å². The Hall–Kier alpha value is -2.50. The Bertz CT molecular complexity index is 589. The number of imidazole rings is 1. The Labute approximate surface area is 96.6 Å². The van der Waals surface area contributed by atoms with Crippen molar-refractivity contribution in [2.75, 3.05) is 0 Å². The lowest BCUT2D eigenvalue weighted by molar-refractivity contribution is 0.0695. The topological polar surface area (TPSA) is 85.1 Å². The maximum atomic E-state index is 11.1. The van der Waals surface area contributed by atoms with Gasteiger partial charge < -0.3 is 9.67 Å². The highest BCUT2D eigenvalue weighted by Gasteiger charge is 2.15. The zero-order valence-electron chi connectivity index (χ0n) is 8.99. The molecular formula is C11H9N3O3. The summed E-state index contributed by atoms with van der Waals surface area (Å²) in [6.45, 7) is 1.62. The number of nitrogens with zero attached hydrogens (tertiary/aromatic N) is 3. The van der Waals surface area contributed by atoms with Crippen molar-refractivity contribution in [3.63, 3.8) is 0 Å². The van der Waals surface area contributed by atoms with E-state index in [2.05, 4.69) is 9.97 Å². The minimum Gasteiger partial charge on any atom is -0.478 e. The van der Waals surface area contributed by atoms with Gasteiger partial charge in [-0.05, 0) is 13.0 Å². The quantitative estimate of drug-likeness (QED) is 0.799. The number of carboxylic acid groups (broad SMARTS) is 1. The Kier molecular flexibility index (Phi) is 2.70. The first-order valence-electron chi connectivity index (χ1n) is 4.82. The van der Waals surface area contributed by atoms with E-state index in [4.69, 9.17) is 5.11 Å². The highest BCUT2D eigenvalue weighted by molar-refractivity contribution is 5.93. The van der Waals surface area contributed by atoms with Crippen LogP contribution in [0.25, 0.3) is 5.69 Å². The third-order valence-corrected chi connectivity index (χ3v) is 2.33. The molecule has 1 N–H and O–H groups in total. The third kappa shape index (κ3) is 1.92. The standard InChI is InChI=1S/C11H9N3O3/c1-7-10(11(16)17)9(2-3-12-7)14-4-8(5-15)13-6-14/h2-6H,1H3,(H,16,17). The van der Waals surface area contributed by atoms with E-state index in [1.165, 1.54) is 23.3 Å². The molecule has 0 radical (unpaired) electrons. The molecule has 2 aromatic heterocycles. The normalized spacial score (nSPS) is 10.2. The molecule has 0 unspecified atom stereocenters. The van der Waals surface area contributed by atoms with Crippen molar-refractivity contribution in [2.45, 2.75) is 6.92 Å². The SMILES string of the molecule is Cc1nccc(-n2cnc(C=O)c2)c1C(=O)O. The molecule has 0 saturated heterocycles. The summed E-state index contributed by atoms with van der Waals surface area (Å²) in [4.78, 5) is 29.4. The molecule has 0 amide bonds. The molecule has 0 aliphatic carbocycles. The second-order valence-electron chi connectivity index (χ2n) is 3.42. The zero-order chi connectivity index (χ0) is 12.4. The van der Waals surface area contributed by atoms with Crippen LogP contribution in [0.4, 0.5) is 0 Å². The average molecular weight is 231 g/mol. The predicted molar refractivity (Wildman–Crippen MR) is 58.4 cm³/mol. The van der Waals surface area contributed by atoms with Gasteiger partial charge in [-0.2, -0.15) is 0 Å². The summed E-state index contributed by atoms with van der Waals surface area (Å²) in [6.07, 6.45) is 4.97. The van der Waals surface area contributed by atoms with Crippen LogP contribution in [0.1, 0.15) is 26.5 Å². The maximum absolute atomic E-state index is 11.1. The number of aldehydes is 1. The molecule has 6 nitrogen and oxygen atoms in total. The van der Waals surface area contributed by atoms with Gasteiger partial charge >= 0.3 is 5.97 Å². The third-order valence-electron chi connectivity index (χ3n) is 2.33. The second kappa shape index (κ2) is 4.17. The Morgan fingerprint density at radius 3 is 2.82 bits per heavy atom. The molecule has 0 aromatic carbocycles. The number of carbonyl (C=O) groups is 2. The molecule has 0 aliphatic rings. The lowest BCUT2D eigenvalue weighted by atomic mass is 10.1. The van der Waals surface area contributed by atoms with Crippen molar-refractivity contribution in [3.05, 3.63) is 41.7 Å². The number of carboxylic acids is 1. The minimum atomic E-state index is -1.06. The van der Waals surface area contributed by atoms with Crippen LogP contribution in [0.5, 0.6) is 0 Å². The molecule has 0 fully saturated rings. The molecule has 2 rings (SSSR count). The van der Waals surface area contributed by atoms with Crippen molar-refractivity contribution >= 4 is 12.3 Å². The van der Waals surface area contributed by atoms with Crippen LogP contribution in [0, 0.1) is 6.92 Å². The van der Waals surface area contributed by atoms with Gasteiger partial charge in [0.15, 0.2) is 6.29 Å². The Balaban J connectivity index is 2.62. The Morgan fingerprint density at radius 1 is 1.47 bits per heavy atom. The van der Waals surface area contributed by atoms with Crippen molar-refractivity contribution in [3.8, 4) is 5.69 Å². The van der Waals surface area contributed by atoms with E-state index >= 15 is 0 Å². The lowest BCUT2D eigenvalue weighted by Gasteiger charge is -2.08. The van der Waals surface area contributed by atoms with Crippen molar-refractivity contribution in [1.29, 1.82) is 0 Å². The van der Waals surface area contributed by atoms with Gasteiger partial charge in [0.05, 0.1) is 11.4 Å². The van der Waals surface area contributed by atoms with E-state index in [9.17, 15) is 9.59 Å². The summed E-state index contributed by atoms with van der Waals surface area (Å²) in [6, 6.07) is 1.56. The van der Waals surface area contributed by atoms with E-state index in [1.54, 1.807) is 13.0 Å². The summed E-state index contributed by atoms with van der Waals surface area (Å²) in [5.74, 6) is -1.06. The predicted octanol–water partition coefficient (Wildman–Crippen LogP) is 1.09. The van der Waals surface area contributed by atoms with Gasteiger partial charge in [-0.1, -0.05) is 0 Å². The van der Waals surface area contributed by atoms with Crippen LogP contribution < -0.4 is 0 Å². The van der Waals surface area contributed by atoms with Gasteiger partial charge in [-0.15, -0.1) is 0 Å². The molecule has 2 heterocycles. The van der Waals surface area contributed by atoms with Gasteiger partial charge in [0.1, 0.15) is 17.6 Å². The molecule has 86 valence electrons. The number of rotatable bonds is 3. The summed E-state index contributed by atoms with van der Waals surface area (Å²) in [5, 5.41) is 9.13. The first-order valence-corrected chi connectivity index (χ1v) is 4.82. The number of aromatic carboxylic acids is 1. The van der Waals surface area contributed by atoms with E-state index in [0.717, 1.165) is 0 Å². The Morgan fingerprint density at radius 2 is 2.24 bits per heavy atom. The monoisotopic (exact) mass is 231 g/mol. The van der Waals surface area contributed by atoms with Crippen molar-refractivity contribution < 1.29 is 14.7 Å². The molecule has 0 bridgehead atoms. The van der Waals surface area contributed by atoms with E-state index in [-0.39, 0.29) is 11.3 Å². The van der Waals surface area contributed by atoms with Crippen LogP contribution in [-0.4, -0.2) is 31.9 Å². The summed E-state index contributed by atoms with van der Waals surface area (Å²) >= 11 is 0. The first kappa shape index (κ1) is 11.0. The summed E-state index contributed by atoms with van der Waals surface area (Å²) < 4.78 is 1.49. The van der Waals surface area contributed by atoms with Crippen LogP contribution in [-0.2, 0) is 0 Å². The zero-order valence-corrected chi connectivity index (χ0v) is 8.99. The van der Waals surface area contributed by atoms with Crippen LogP contribution in [0.15, 0.2) is 24.8 Å².